The molecule has 0 radical (unpaired) electrons. The average Bonchev–Trinajstić information content (AvgIpc) is 2.60. The van der Waals surface area contributed by atoms with E-state index in [0.29, 0.717) is 36.7 Å². The van der Waals surface area contributed by atoms with E-state index in [-0.39, 0.29) is 11.8 Å². The first kappa shape index (κ1) is 17.5. The summed E-state index contributed by atoms with van der Waals surface area (Å²) in [4.78, 5) is 26.6. The van der Waals surface area contributed by atoms with Crippen molar-refractivity contribution in [2.75, 3.05) is 18.9 Å². The molecule has 0 heterocycles. The number of para-hydroxylation sites is 1. The predicted octanol–water partition coefficient (Wildman–Crippen LogP) is 2.77. The SMILES string of the molecule is CN(C(=O)c1ccccc1NC(=O)CCCN)C1CCCCC1. The molecule has 1 aromatic carbocycles. The second-order valence-electron chi connectivity index (χ2n) is 6.19. The fourth-order valence-corrected chi connectivity index (χ4v) is 3.08. The van der Waals surface area contributed by atoms with Crippen LogP contribution in [0.1, 0.15) is 55.3 Å². The lowest BCUT2D eigenvalue weighted by Gasteiger charge is -2.31. The molecule has 1 saturated carbocycles. The monoisotopic (exact) mass is 317 g/mol. The fraction of sp³-hybridized carbons (Fsp3) is 0.556. The molecule has 2 rings (SSSR count). The van der Waals surface area contributed by atoms with E-state index in [0.717, 1.165) is 12.8 Å². The zero-order valence-electron chi connectivity index (χ0n) is 13.9. The minimum Gasteiger partial charge on any atom is -0.339 e. The number of hydrogen-bond donors (Lipinski definition) is 2. The number of anilines is 1. The Morgan fingerprint density at radius 2 is 1.91 bits per heavy atom. The molecular formula is C18H27N3O2. The van der Waals surface area contributed by atoms with Crippen molar-refractivity contribution in [3.05, 3.63) is 29.8 Å². The number of hydrogen-bond acceptors (Lipinski definition) is 3. The molecule has 0 spiro atoms. The van der Waals surface area contributed by atoms with Crippen LogP contribution in [0.5, 0.6) is 0 Å². The first-order chi connectivity index (χ1) is 11.1. The number of nitrogens with zero attached hydrogens (tertiary/aromatic N) is 1. The van der Waals surface area contributed by atoms with Crippen molar-refractivity contribution in [1.82, 2.24) is 4.90 Å². The normalized spacial score (nSPS) is 15.2. The van der Waals surface area contributed by atoms with Crippen molar-refractivity contribution in [2.45, 2.75) is 51.0 Å². The van der Waals surface area contributed by atoms with E-state index in [4.69, 9.17) is 5.73 Å². The van der Waals surface area contributed by atoms with E-state index in [1.807, 2.05) is 24.1 Å². The highest BCUT2D eigenvalue weighted by atomic mass is 16.2. The van der Waals surface area contributed by atoms with E-state index in [2.05, 4.69) is 5.32 Å². The molecule has 1 aliphatic rings. The molecule has 0 aliphatic heterocycles. The number of amides is 2. The van der Waals surface area contributed by atoms with Gasteiger partial charge in [-0.3, -0.25) is 9.59 Å². The second kappa shape index (κ2) is 8.67. The van der Waals surface area contributed by atoms with E-state index < -0.39 is 0 Å². The maximum atomic E-state index is 12.8. The van der Waals surface area contributed by atoms with E-state index >= 15 is 0 Å². The summed E-state index contributed by atoms with van der Waals surface area (Å²) in [5, 5.41) is 2.84. The van der Waals surface area contributed by atoms with E-state index in [1.54, 1.807) is 12.1 Å². The Hall–Kier alpha value is -1.88. The Balaban J connectivity index is 2.08. The van der Waals surface area contributed by atoms with Crippen molar-refractivity contribution in [3.63, 3.8) is 0 Å². The summed E-state index contributed by atoms with van der Waals surface area (Å²) in [7, 11) is 1.87. The summed E-state index contributed by atoms with van der Waals surface area (Å²) in [5.41, 5.74) is 6.57. The van der Waals surface area contributed by atoms with Gasteiger partial charge in [-0.25, -0.2) is 0 Å². The van der Waals surface area contributed by atoms with Crippen LogP contribution >= 0.6 is 0 Å². The molecule has 5 nitrogen and oxygen atoms in total. The molecule has 0 unspecified atom stereocenters. The molecule has 0 bridgehead atoms. The molecular weight excluding hydrogens is 290 g/mol. The van der Waals surface area contributed by atoms with Gasteiger partial charge >= 0.3 is 0 Å². The van der Waals surface area contributed by atoms with Crippen LogP contribution in [0.4, 0.5) is 5.69 Å². The second-order valence-corrected chi connectivity index (χ2v) is 6.19. The van der Waals surface area contributed by atoms with Gasteiger partial charge in [-0.2, -0.15) is 0 Å². The van der Waals surface area contributed by atoms with Gasteiger partial charge in [0, 0.05) is 19.5 Å². The number of carbonyl (C=O) groups is 2. The first-order valence-corrected chi connectivity index (χ1v) is 8.49. The van der Waals surface area contributed by atoms with Crippen LogP contribution in [0.15, 0.2) is 24.3 Å². The van der Waals surface area contributed by atoms with Crippen molar-refractivity contribution in [2.24, 2.45) is 5.73 Å². The molecule has 1 fully saturated rings. The number of nitrogens with two attached hydrogens (primary N) is 1. The predicted molar refractivity (Wildman–Crippen MR) is 92.3 cm³/mol. The Morgan fingerprint density at radius 3 is 2.61 bits per heavy atom. The Morgan fingerprint density at radius 1 is 1.22 bits per heavy atom. The lowest BCUT2D eigenvalue weighted by molar-refractivity contribution is -0.116. The van der Waals surface area contributed by atoms with Gasteiger partial charge in [-0.15, -0.1) is 0 Å². The highest BCUT2D eigenvalue weighted by molar-refractivity contribution is 6.03. The maximum absolute atomic E-state index is 12.8. The van der Waals surface area contributed by atoms with Crippen LogP contribution in [0.3, 0.4) is 0 Å². The van der Waals surface area contributed by atoms with Gasteiger partial charge in [0.15, 0.2) is 0 Å². The minimum absolute atomic E-state index is 0.0216. The highest BCUT2D eigenvalue weighted by Crippen LogP contribution is 2.25. The first-order valence-electron chi connectivity index (χ1n) is 8.49. The topological polar surface area (TPSA) is 75.4 Å². The van der Waals surface area contributed by atoms with Gasteiger partial charge in [-0.05, 0) is 37.9 Å². The van der Waals surface area contributed by atoms with Crippen LogP contribution in [-0.4, -0.2) is 36.3 Å². The van der Waals surface area contributed by atoms with Crippen LogP contribution in [0, 0.1) is 0 Å². The van der Waals surface area contributed by atoms with Gasteiger partial charge in [0.05, 0.1) is 11.3 Å². The Kier molecular flexibility index (Phi) is 6.59. The Bertz CT molecular complexity index is 539. The zero-order valence-corrected chi connectivity index (χ0v) is 13.9. The summed E-state index contributed by atoms with van der Waals surface area (Å²) >= 11 is 0. The van der Waals surface area contributed by atoms with Gasteiger partial charge in [-0.1, -0.05) is 31.4 Å². The van der Waals surface area contributed by atoms with Gasteiger partial charge in [0.2, 0.25) is 5.91 Å². The third-order valence-electron chi connectivity index (χ3n) is 4.48. The number of rotatable bonds is 6. The quantitative estimate of drug-likeness (QED) is 0.847. The summed E-state index contributed by atoms with van der Waals surface area (Å²) in [5.74, 6) is -0.123. The molecule has 1 aliphatic carbocycles. The van der Waals surface area contributed by atoms with Crippen molar-refractivity contribution in [1.29, 1.82) is 0 Å². The molecule has 5 heteroatoms. The van der Waals surface area contributed by atoms with Crippen LogP contribution in [0.2, 0.25) is 0 Å². The molecule has 2 amide bonds. The summed E-state index contributed by atoms with van der Waals surface area (Å²) in [6.07, 6.45) is 6.76. The van der Waals surface area contributed by atoms with E-state index in [9.17, 15) is 9.59 Å². The Labute approximate surface area is 138 Å². The summed E-state index contributed by atoms with van der Waals surface area (Å²) in [6, 6.07) is 7.52. The largest absolute Gasteiger partial charge is 0.339 e. The third kappa shape index (κ3) is 4.79. The standard InChI is InChI=1S/C18H27N3O2/c1-21(14-8-3-2-4-9-14)18(23)15-10-5-6-11-16(15)20-17(22)12-7-13-19/h5-6,10-11,14H,2-4,7-9,12-13,19H2,1H3,(H,20,22). The smallest absolute Gasteiger partial charge is 0.255 e. The molecule has 23 heavy (non-hydrogen) atoms. The van der Waals surface area contributed by atoms with Crippen molar-refractivity contribution >= 4 is 17.5 Å². The minimum atomic E-state index is -0.101. The molecule has 126 valence electrons. The van der Waals surface area contributed by atoms with E-state index in [1.165, 1.54) is 19.3 Å². The van der Waals surface area contributed by atoms with Gasteiger partial charge in [0.25, 0.3) is 5.91 Å². The lowest BCUT2D eigenvalue weighted by Crippen LogP contribution is -2.38. The average molecular weight is 317 g/mol. The lowest BCUT2D eigenvalue weighted by atomic mass is 9.94. The number of benzene rings is 1. The summed E-state index contributed by atoms with van der Waals surface area (Å²) < 4.78 is 0. The van der Waals surface area contributed by atoms with Gasteiger partial charge in [0.1, 0.15) is 0 Å². The molecule has 3 N–H and O–H groups in total. The van der Waals surface area contributed by atoms with Crippen LogP contribution < -0.4 is 11.1 Å². The third-order valence-corrected chi connectivity index (χ3v) is 4.48. The van der Waals surface area contributed by atoms with Crippen LogP contribution in [0.25, 0.3) is 0 Å². The molecule has 0 aromatic heterocycles. The highest BCUT2D eigenvalue weighted by Gasteiger charge is 2.24. The molecule has 1 aromatic rings. The number of carbonyl (C=O) groups excluding carboxylic acids is 2. The molecule has 0 atom stereocenters. The maximum Gasteiger partial charge on any atom is 0.255 e. The fourth-order valence-electron chi connectivity index (χ4n) is 3.08. The van der Waals surface area contributed by atoms with Crippen molar-refractivity contribution < 1.29 is 9.59 Å². The summed E-state index contributed by atoms with van der Waals surface area (Å²) in [6.45, 7) is 0.485. The molecule has 0 saturated heterocycles. The number of nitrogens with one attached hydrogen (secondary N) is 1. The van der Waals surface area contributed by atoms with Crippen LogP contribution in [-0.2, 0) is 4.79 Å². The van der Waals surface area contributed by atoms with Crippen molar-refractivity contribution in [3.8, 4) is 0 Å². The van der Waals surface area contributed by atoms with Gasteiger partial charge < -0.3 is 16.0 Å². The zero-order chi connectivity index (χ0) is 16.7.